The van der Waals surface area contributed by atoms with Crippen LogP contribution >= 0.6 is 0 Å². The predicted octanol–water partition coefficient (Wildman–Crippen LogP) is 0.948. The van der Waals surface area contributed by atoms with Gasteiger partial charge in [-0.2, -0.15) is 5.10 Å². The Kier molecular flexibility index (Phi) is 4.55. The SMILES string of the molecule is O=C(CCC1CCCCN1)NCc1ccn[nH]1. The van der Waals surface area contributed by atoms with Crippen molar-refractivity contribution in [2.45, 2.75) is 44.7 Å². The average Bonchev–Trinajstić information content (AvgIpc) is 2.88. The van der Waals surface area contributed by atoms with Gasteiger partial charge >= 0.3 is 0 Å². The molecule has 1 fully saturated rings. The zero-order chi connectivity index (χ0) is 11.9. The first kappa shape index (κ1) is 12.1. The molecule has 0 aromatic carbocycles. The summed E-state index contributed by atoms with van der Waals surface area (Å²) in [6.45, 7) is 1.64. The van der Waals surface area contributed by atoms with Crippen molar-refractivity contribution in [3.63, 3.8) is 0 Å². The summed E-state index contributed by atoms with van der Waals surface area (Å²) in [6.07, 6.45) is 6.98. The maximum Gasteiger partial charge on any atom is 0.220 e. The van der Waals surface area contributed by atoms with Gasteiger partial charge in [-0.3, -0.25) is 9.89 Å². The number of hydrogen-bond donors (Lipinski definition) is 3. The summed E-state index contributed by atoms with van der Waals surface area (Å²) in [5, 5.41) is 13.0. The van der Waals surface area contributed by atoms with Gasteiger partial charge in [0, 0.05) is 18.7 Å². The topological polar surface area (TPSA) is 69.8 Å². The van der Waals surface area contributed by atoms with Crippen LogP contribution in [0.3, 0.4) is 0 Å². The van der Waals surface area contributed by atoms with Gasteiger partial charge in [0.05, 0.1) is 12.2 Å². The van der Waals surface area contributed by atoms with E-state index in [9.17, 15) is 4.79 Å². The van der Waals surface area contributed by atoms with Crippen LogP contribution in [0.15, 0.2) is 12.3 Å². The Morgan fingerprint density at radius 3 is 3.18 bits per heavy atom. The van der Waals surface area contributed by atoms with Crippen LogP contribution in [-0.2, 0) is 11.3 Å². The third-order valence-corrected chi connectivity index (χ3v) is 3.17. The normalized spacial score (nSPS) is 20.1. The summed E-state index contributed by atoms with van der Waals surface area (Å²) in [5.41, 5.74) is 0.939. The highest BCUT2D eigenvalue weighted by Crippen LogP contribution is 2.11. The van der Waals surface area contributed by atoms with E-state index in [1.54, 1.807) is 6.20 Å². The van der Waals surface area contributed by atoms with Gasteiger partial charge in [-0.1, -0.05) is 6.42 Å². The number of hydrogen-bond acceptors (Lipinski definition) is 3. The molecule has 1 aromatic rings. The number of aromatic nitrogens is 2. The second-order valence-electron chi connectivity index (χ2n) is 4.54. The molecule has 94 valence electrons. The van der Waals surface area contributed by atoms with E-state index in [0.717, 1.165) is 18.7 Å². The molecule has 1 aromatic heterocycles. The lowest BCUT2D eigenvalue weighted by Gasteiger charge is -2.22. The quantitative estimate of drug-likeness (QED) is 0.713. The Morgan fingerprint density at radius 2 is 2.47 bits per heavy atom. The molecule has 0 radical (unpaired) electrons. The fourth-order valence-corrected chi connectivity index (χ4v) is 2.14. The van der Waals surface area contributed by atoms with Gasteiger partial charge in [0.15, 0.2) is 0 Å². The van der Waals surface area contributed by atoms with Gasteiger partial charge in [0.25, 0.3) is 0 Å². The number of nitrogens with one attached hydrogen (secondary N) is 3. The van der Waals surface area contributed by atoms with Gasteiger partial charge < -0.3 is 10.6 Å². The molecule has 0 spiro atoms. The summed E-state index contributed by atoms with van der Waals surface area (Å²) in [7, 11) is 0. The van der Waals surface area contributed by atoms with Crippen molar-refractivity contribution in [3.8, 4) is 0 Å². The van der Waals surface area contributed by atoms with Crippen LogP contribution in [0.4, 0.5) is 0 Å². The molecular weight excluding hydrogens is 216 g/mol. The van der Waals surface area contributed by atoms with Gasteiger partial charge in [-0.25, -0.2) is 0 Å². The monoisotopic (exact) mass is 236 g/mol. The second kappa shape index (κ2) is 6.39. The maximum atomic E-state index is 11.6. The number of amides is 1. The molecule has 2 rings (SSSR count). The minimum Gasteiger partial charge on any atom is -0.350 e. The van der Waals surface area contributed by atoms with Crippen molar-refractivity contribution in [1.82, 2.24) is 20.8 Å². The van der Waals surface area contributed by atoms with Gasteiger partial charge in [-0.15, -0.1) is 0 Å². The molecule has 0 bridgehead atoms. The molecule has 5 nitrogen and oxygen atoms in total. The first-order valence-corrected chi connectivity index (χ1v) is 6.33. The van der Waals surface area contributed by atoms with Crippen molar-refractivity contribution < 1.29 is 4.79 Å². The Labute approximate surface area is 101 Å². The van der Waals surface area contributed by atoms with Crippen molar-refractivity contribution in [2.75, 3.05) is 6.54 Å². The lowest BCUT2D eigenvalue weighted by Crippen LogP contribution is -2.35. The maximum absolute atomic E-state index is 11.6. The Bertz CT molecular complexity index is 330. The molecule has 2 heterocycles. The van der Waals surface area contributed by atoms with E-state index in [-0.39, 0.29) is 5.91 Å². The van der Waals surface area contributed by atoms with E-state index in [2.05, 4.69) is 20.8 Å². The fraction of sp³-hybridized carbons (Fsp3) is 0.667. The molecular formula is C12H20N4O. The van der Waals surface area contributed by atoms with Crippen LogP contribution in [0, 0.1) is 0 Å². The minimum absolute atomic E-state index is 0.118. The number of carbonyl (C=O) groups is 1. The molecule has 1 amide bonds. The van der Waals surface area contributed by atoms with Crippen LogP contribution in [0.2, 0.25) is 0 Å². The van der Waals surface area contributed by atoms with Gasteiger partial charge in [-0.05, 0) is 31.9 Å². The number of aromatic amines is 1. The minimum atomic E-state index is 0.118. The number of rotatable bonds is 5. The highest BCUT2D eigenvalue weighted by Gasteiger charge is 2.13. The first-order valence-electron chi connectivity index (χ1n) is 6.33. The molecule has 0 aliphatic carbocycles. The molecule has 5 heteroatoms. The van der Waals surface area contributed by atoms with Crippen LogP contribution in [0.5, 0.6) is 0 Å². The van der Waals surface area contributed by atoms with Crippen LogP contribution in [-0.4, -0.2) is 28.7 Å². The van der Waals surface area contributed by atoms with E-state index >= 15 is 0 Å². The molecule has 1 unspecified atom stereocenters. The molecule has 17 heavy (non-hydrogen) atoms. The lowest BCUT2D eigenvalue weighted by molar-refractivity contribution is -0.121. The smallest absolute Gasteiger partial charge is 0.220 e. The number of H-pyrrole nitrogens is 1. The summed E-state index contributed by atoms with van der Waals surface area (Å²) in [6, 6.07) is 2.39. The fourth-order valence-electron chi connectivity index (χ4n) is 2.14. The zero-order valence-corrected chi connectivity index (χ0v) is 10.0. The molecule has 1 atom stereocenters. The summed E-state index contributed by atoms with van der Waals surface area (Å²) < 4.78 is 0. The Hall–Kier alpha value is -1.36. The summed E-state index contributed by atoms with van der Waals surface area (Å²) in [5.74, 6) is 0.118. The van der Waals surface area contributed by atoms with E-state index in [1.807, 2.05) is 6.07 Å². The van der Waals surface area contributed by atoms with Crippen LogP contribution in [0.1, 0.15) is 37.8 Å². The van der Waals surface area contributed by atoms with Crippen LogP contribution < -0.4 is 10.6 Å². The Balaban J connectivity index is 1.60. The third kappa shape index (κ3) is 4.19. The standard InChI is InChI=1S/C12H20N4O/c17-12(14-9-11-6-8-15-16-11)5-4-10-3-1-2-7-13-10/h6,8,10,13H,1-5,7,9H2,(H,14,17)(H,15,16). The van der Waals surface area contributed by atoms with E-state index < -0.39 is 0 Å². The molecule has 3 N–H and O–H groups in total. The molecule has 1 aliphatic heterocycles. The predicted molar refractivity (Wildman–Crippen MR) is 65.3 cm³/mol. The summed E-state index contributed by atoms with van der Waals surface area (Å²) >= 11 is 0. The van der Waals surface area contributed by atoms with Crippen molar-refractivity contribution in [1.29, 1.82) is 0 Å². The third-order valence-electron chi connectivity index (χ3n) is 3.17. The number of nitrogens with zero attached hydrogens (tertiary/aromatic N) is 1. The Morgan fingerprint density at radius 1 is 1.53 bits per heavy atom. The molecule has 0 saturated carbocycles. The lowest BCUT2D eigenvalue weighted by atomic mass is 10.0. The molecule has 1 saturated heterocycles. The first-order chi connectivity index (χ1) is 8.34. The number of carbonyl (C=O) groups excluding carboxylic acids is 1. The van der Waals surface area contributed by atoms with Crippen LogP contribution in [0.25, 0.3) is 0 Å². The van der Waals surface area contributed by atoms with Crippen molar-refractivity contribution >= 4 is 5.91 Å². The van der Waals surface area contributed by atoms with E-state index in [1.165, 1.54) is 19.3 Å². The molecule has 1 aliphatic rings. The van der Waals surface area contributed by atoms with Crippen molar-refractivity contribution in [2.24, 2.45) is 0 Å². The van der Waals surface area contributed by atoms with E-state index in [4.69, 9.17) is 0 Å². The van der Waals surface area contributed by atoms with Crippen molar-refractivity contribution in [3.05, 3.63) is 18.0 Å². The summed E-state index contributed by atoms with van der Waals surface area (Å²) in [4.78, 5) is 11.6. The van der Waals surface area contributed by atoms with Gasteiger partial charge in [0.2, 0.25) is 5.91 Å². The largest absolute Gasteiger partial charge is 0.350 e. The van der Waals surface area contributed by atoms with E-state index in [0.29, 0.717) is 19.0 Å². The number of piperidine rings is 1. The highest BCUT2D eigenvalue weighted by molar-refractivity contribution is 5.75. The average molecular weight is 236 g/mol. The zero-order valence-electron chi connectivity index (χ0n) is 10.0. The second-order valence-corrected chi connectivity index (χ2v) is 4.54. The van der Waals surface area contributed by atoms with Gasteiger partial charge in [0.1, 0.15) is 0 Å². The highest BCUT2D eigenvalue weighted by atomic mass is 16.1.